The first-order chi connectivity index (χ1) is 9.39. The van der Waals surface area contributed by atoms with Crippen LogP contribution in [0, 0.1) is 18.8 Å². The van der Waals surface area contributed by atoms with Gasteiger partial charge in [0, 0.05) is 10.9 Å². The molecule has 0 radical (unpaired) electrons. The number of thiazole rings is 1. The summed E-state index contributed by atoms with van der Waals surface area (Å²) in [5.41, 5.74) is 1.38. The van der Waals surface area contributed by atoms with Crippen molar-refractivity contribution in [2.24, 2.45) is 11.8 Å². The Morgan fingerprint density at radius 1 is 1.35 bits per heavy atom. The highest BCUT2D eigenvalue weighted by Gasteiger charge is 2.44. The van der Waals surface area contributed by atoms with Gasteiger partial charge in [-0.3, -0.25) is 0 Å². The summed E-state index contributed by atoms with van der Waals surface area (Å²) in [6, 6.07) is 0.497. The van der Waals surface area contributed by atoms with Crippen molar-refractivity contribution >= 4 is 11.3 Å². The maximum absolute atomic E-state index is 5.02. The van der Waals surface area contributed by atoms with E-state index in [2.05, 4.69) is 46.9 Å². The van der Waals surface area contributed by atoms with Crippen molar-refractivity contribution in [2.45, 2.75) is 78.8 Å². The molecule has 1 aromatic rings. The summed E-state index contributed by atoms with van der Waals surface area (Å²) < 4.78 is 0. The lowest BCUT2D eigenvalue weighted by molar-refractivity contribution is 0.108. The summed E-state index contributed by atoms with van der Waals surface area (Å²) in [4.78, 5) is 6.42. The van der Waals surface area contributed by atoms with E-state index < -0.39 is 0 Å². The first-order valence-corrected chi connectivity index (χ1v) is 8.95. The van der Waals surface area contributed by atoms with Gasteiger partial charge in [0.15, 0.2) is 0 Å². The molecule has 1 saturated carbocycles. The predicted octanol–water partition coefficient (Wildman–Crippen LogP) is 4.66. The van der Waals surface area contributed by atoms with Gasteiger partial charge in [-0.25, -0.2) is 4.98 Å². The Labute approximate surface area is 128 Å². The van der Waals surface area contributed by atoms with Gasteiger partial charge in [-0.2, -0.15) is 0 Å². The van der Waals surface area contributed by atoms with Crippen LogP contribution in [0.4, 0.5) is 0 Å². The number of nitrogens with one attached hydrogen (secondary N) is 1. The molecule has 1 aliphatic rings. The highest BCUT2D eigenvalue weighted by atomic mass is 32.1. The van der Waals surface area contributed by atoms with E-state index in [-0.39, 0.29) is 5.54 Å². The number of aromatic nitrogens is 1. The summed E-state index contributed by atoms with van der Waals surface area (Å²) in [5.74, 6) is 1.45. The number of aryl methyl sites for hydroxylation is 2. The molecule has 0 bridgehead atoms. The lowest BCUT2D eigenvalue weighted by Gasteiger charge is -2.45. The summed E-state index contributed by atoms with van der Waals surface area (Å²) in [5, 5.41) is 5.24. The third kappa shape index (κ3) is 2.94. The van der Waals surface area contributed by atoms with E-state index in [1.807, 2.05) is 11.3 Å². The largest absolute Gasteiger partial charge is 0.303 e. The van der Waals surface area contributed by atoms with Crippen LogP contribution >= 0.6 is 11.3 Å². The Hall–Kier alpha value is -0.410. The first kappa shape index (κ1) is 16.0. The molecule has 2 nitrogen and oxygen atoms in total. The molecule has 20 heavy (non-hydrogen) atoms. The second-order valence-electron chi connectivity index (χ2n) is 6.93. The Morgan fingerprint density at radius 2 is 2.05 bits per heavy atom. The van der Waals surface area contributed by atoms with Gasteiger partial charge in [-0.05, 0) is 51.9 Å². The maximum atomic E-state index is 5.02. The SMILES string of the molecule is CCc1nc(C2(NC(C)C)CC(C)CCC2C)sc1C. The fraction of sp³-hybridized carbons (Fsp3) is 0.824. The fourth-order valence-electron chi connectivity index (χ4n) is 3.66. The van der Waals surface area contributed by atoms with Gasteiger partial charge in [-0.1, -0.05) is 27.2 Å². The number of hydrogen-bond acceptors (Lipinski definition) is 3. The van der Waals surface area contributed by atoms with Gasteiger partial charge in [0.05, 0.1) is 11.2 Å². The standard InChI is InChI=1S/C17H30N2S/c1-7-15-14(6)20-16(18-15)17(19-11(2)3)10-12(4)8-9-13(17)5/h11-13,19H,7-10H2,1-6H3. The first-order valence-electron chi connectivity index (χ1n) is 8.13. The average Bonchev–Trinajstić information content (AvgIpc) is 2.75. The Bertz CT molecular complexity index is 448. The molecule has 0 saturated heterocycles. The monoisotopic (exact) mass is 294 g/mol. The highest BCUT2D eigenvalue weighted by Crippen LogP contribution is 2.46. The molecule has 1 N–H and O–H groups in total. The van der Waals surface area contributed by atoms with Crippen LogP contribution in [-0.2, 0) is 12.0 Å². The molecule has 2 rings (SSSR count). The topological polar surface area (TPSA) is 24.9 Å². The minimum atomic E-state index is 0.0919. The minimum Gasteiger partial charge on any atom is -0.303 e. The minimum absolute atomic E-state index is 0.0919. The van der Waals surface area contributed by atoms with Crippen molar-refractivity contribution in [3.63, 3.8) is 0 Å². The lowest BCUT2D eigenvalue weighted by Crippen LogP contribution is -2.53. The second kappa shape index (κ2) is 6.15. The molecule has 0 amide bonds. The summed E-state index contributed by atoms with van der Waals surface area (Å²) in [6.45, 7) is 13.7. The normalized spacial score (nSPS) is 30.9. The van der Waals surface area contributed by atoms with E-state index >= 15 is 0 Å². The van der Waals surface area contributed by atoms with E-state index in [0.717, 1.165) is 12.3 Å². The summed E-state index contributed by atoms with van der Waals surface area (Å²) in [7, 11) is 0. The molecule has 3 atom stereocenters. The van der Waals surface area contributed by atoms with Crippen molar-refractivity contribution in [2.75, 3.05) is 0 Å². The zero-order chi connectivity index (χ0) is 14.9. The van der Waals surface area contributed by atoms with Crippen LogP contribution in [0.5, 0.6) is 0 Å². The molecule has 1 aromatic heterocycles. The molecule has 1 aliphatic carbocycles. The Kier molecular flexibility index (Phi) is 4.91. The maximum Gasteiger partial charge on any atom is 0.114 e. The van der Waals surface area contributed by atoms with Crippen LogP contribution in [0.1, 0.15) is 69.5 Å². The molecule has 1 fully saturated rings. The fourth-order valence-corrected chi connectivity index (χ4v) is 4.94. The molecule has 3 heteroatoms. The van der Waals surface area contributed by atoms with Gasteiger partial charge < -0.3 is 5.32 Å². The van der Waals surface area contributed by atoms with E-state index in [1.165, 1.54) is 34.8 Å². The van der Waals surface area contributed by atoms with Gasteiger partial charge in [0.2, 0.25) is 0 Å². The van der Waals surface area contributed by atoms with Gasteiger partial charge in [-0.15, -0.1) is 11.3 Å². The molecule has 3 unspecified atom stereocenters. The van der Waals surface area contributed by atoms with Crippen LogP contribution in [-0.4, -0.2) is 11.0 Å². The molecular weight excluding hydrogens is 264 g/mol. The van der Waals surface area contributed by atoms with Crippen LogP contribution in [0.25, 0.3) is 0 Å². The van der Waals surface area contributed by atoms with E-state index in [9.17, 15) is 0 Å². The smallest absolute Gasteiger partial charge is 0.114 e. The van der Waals surface area contributed by atoms with Crippen LogP contribution in [0.2, 0.25) is 0 Å². The summed E-state index contributed by atoms with van der Waals surface area (Å²) >= 11 is 1.92. The zero-order valence-corrected chi connectivity index (χ0v) is 14.7. The van der Waals surface area contributed by atoms with Crippen molar-refractivity contribution < 1.29 is 0 Å². The quantitative estimate of drug-likeness (QED) is 0.873. The average molecular weight is 295 g/mol. The number of rotatable bonds is 4. The van der Waals surface area contributed by atoms with Crippen LogP contribution < -0.4 is 5.32 Å². The summed E-state index contributed by atoms with van der Waals surface area (Å²) in [6.07, 6.45) is 4.93. The van der Waals surface area contributed by atoms with Crippen molar-refractivity contribution in [1.29, 1.82) is 0 Å². The van der Waals surface area contributed by atoms with E-state index in [4.69, 9.17) is 4.98 Å². The van der Waals surface area contributed by atoms with E-state index in [0.29, 0.717) is 12.0 Å². The van der Waals surface area contributed by atoms with Gasteiger partial charge in [0.25, 0.3) is 0 Å². The molecule has 0 aliphatic heterocycles. The van der Waals surface area contributed by atoms with Crippen LogP contribution in [0.15, 0.2) is 0 Å². The lowest BCUT2D eigenvalue weighted by atomic mass is 9.69. The number of hydrogen-bond donors (Lipinski definition) is 1. The number of nitrogens with zero attached hydrogens (tertiary/aromatic N) is 1. The Morgan fingerprint density at radius 3 is 2.60 bits per heavy atom. The second-order valence-corrected chi connectivity index (χ2v) is 8.14. The van der Waals surface area contributed by atoms with Crippen LogP contribution in [0.3, 0.4) is 0 Å². The van der Waals surface area contributed by atoms with Gasteiger partial charge in [0.1, 0.15) is 5.01 Å². The molecule has 1 heterocycles. The van der Waals surface area contributed by atoms with Crippen molar-refractivity contribution in [3.05, 3.63) is 15.6 Å². The van der Waals surface area contributed by atoms with Gasteiger partial charge >= 0.3 is 0 Å². The third-order valence-electron chi connectivity index (χ3n) is 4.76. The Balaban J connectivity index is 2.44. The molecule has 0 spiro atoms. The van der Waals surface area contributed by atoms with Crippen molar-refractivity contribution in [1.82, 2.24) is 10.3 Å². The van der Waals surface area contributed by atoms with Crippen molar-refractivity contribution in [3.8, 4) is 0 Å². The molecule has 0 aromatic carbocycles. The third-order valence-corrected chi connectivity index (χ3v) is 5.95. The molecular formula is C17H30N2S. The highest BCUT2D eigenvalue weighted by molar-refractivity contribution is 7.11. The zero-order valence-electron chi connectivity index (χ0n) is 13.9. The predicted molar refractivity (Wildman–Crippen MR) is 88.4 cm³/mol. The molecule has 114 valence electrons. The van der Waals surface area contributed by atoms with E-state index in [1.54, 1.807) is 0 Å².